The molecule has 0 fully saturated rings. The van der Waals surface area contributed by atoms with Gasteiger partial charge in [0.25, 0.3) is 0 Å². The van der Waals surface area contributed by atoms with Crippen LogP contribution in [0.4, 0.5) is 4.39 Å². The Labute approximate surface area is 174 Å². The molecule has 28 heavy (non-hydrogen) atoms. The molecule has 4 nitrogen and oxygen atoms in total. The lowest BCUT2D eigenvalue weighted by molar-refractivity contribution is -0.140. The molecule has 0 saturated heterocycles. The van der Waals surface area contributed by atoms with Gasteiger partial charge in [0, 0.05) is 28.7 Å². The fourth-order valence-electron chi connectivity index (χ4n) is 2.95. The van der Waals surface area contributed by atoms with Crippen LogP contribution < -0.4 is 5.32 Å². The molecule has 0 spiro atoms. The molecule has 7 heteroatoms. The number of amides is 2. The molecule has 1 atom stereocenters. The van der Waals surface area contributed by atoms with Crippen molar-refractivity contribution in [2.75, 3.05) is 6.54 Å². The van der Waals surface area contributed by atoms with E-state index in [-0.39, 0.29) is 35.4 Å². The summed E-state index contributed by atoms with van der Waals surface area (Å²) in [6.45, 7) is 4.31. The normalized spacial score (nSPS) is 11.8. The van der Waals surface area contributed by atoms with E-state index in [1.165, 1.54) is 23.1 Å². The van der Waals surface area contributed by atoms with Crippen LogP contribution in [0.15, 0.2) is 42.5 Å². The molecule has 0 bridgehead atoms. The molecule has 2 amide bonds. The highest BCUT2D eigenvalue weighted by molar-refractivity contribution is 6.31. The first-order valence-corrected chi connectivity index (χ1v) is 9.87. The van der Waals surface area contributed by atoms with Gasteiger partial charge in [-0.1, -0.05) is 48.3 Å². The summed E-state index contributed by atoms with van der Waals surface area (Å²) in [6.07, 6.45) is 0.200. The Balaban J connectivity index is 2.33. The highest BCUT2D eigenvalue weighted by Gasteiger charge is 2.29. The van der Waals surface area contributed by atoms with Crippen LogP contribution in [-0.4, -0.2) is 29.3 Å². The lowest BCUT2D eigenvalue weighted by atomic mass is 10.1. The van der Waals surface area contributed by atoms with E-state index in [9.17, 15) is 14.0 Å². The van der Waals surface area contributed by atoms with Crippen LogP contribution in [0.25, 0.3) is 0 Å². The summed E-state index contributed by atoms with van der Waals surface area (Å²) in [5.74, 6) is -1.16. The molecule has 0 aromatic heterocycles. The minimum atomic E-state index is -0.673. The Morgan fingerprint density at radius 3 is 2.36 bits per heavy atom. The Bertz CT molecular complexity index is 807. The number of rotatable bonds is 8. The number of nitrogens with one attached hydrogen (secondary N) is 1. The molecule has 0 aliphatic rings. The van der Waals surface area contributed by atoms with Crippen molar-refractivity contribution in [1.29, 1.82) is 0 Å². The molecule has 0 radical (unpaired) electrons. The van der Waals surface area contributed by atoms with Crippen LogP contribution in [0, 0.1) is 5.82 Å². The second-order valence-electron chi connectivity index (χ2n) is 6.34. The van der Waals surface area contributed by atoms with Gasteiger partial charge in [-0.15, -0.1) is 0 Å². The number of likely N-dealkylation sites (N-methyl/N-ethyl adjacent to an activating group) is 1. The molecule has 2 rings (SSSR count). The fourth-order valence-corrected chi connectivity index (χ4v) is 3.31. The smallest absolute Gasteiger partial charge is 0.242 e. The second-order valence-corrected chi connectivity index (χ2v) is 7.19. The SMILES string of the molecule is CCNC(=O)C(CC)N(Cc1ccc(Cl)cc1)C(=O)Cc1c(F)cccc1Cl. The van der Waals surface area contributed by atoms with E-state index in [0.29, 0.717) is 18.0 Å². The maximum atomic E-state index is 14.2. The minimum absolute atomic E-state index is 0.126. The molecule has 2 aromatic rings. The van der Waals surface area contributed by atoms with Gasteiger partial charge in [-0.25, -0.2) is 4.39 Å². The van der Waals surface area contributed by atoms with Gasteiger partial charge >= 0.3 is 0 Å². The van der Waals surface area contributed by atoms with Crippen molar-refractivity contribution in [2.24, 2.45) is 0 Å². The third kappa shape index (κ3) is 5.69. The lowest BCUT2D eigenvalue weighted by Gasteiger charge is -2.30. The predicted octanol–water partition coefficient (Wildman–Crippen LogP) is 4.62. The summed E-state index contributed by atoms with van der Waals surface area (Å²) in [5.41, 5.74) is 0.946. The van der Waals surface area contributed by atoms with Crippen molar-refractivity contribution >= 4 is 35.0 Å². The number of halogens is 3. The van der Waals surface area contributed by atoms with Crippen molar-refractivity contribution in [2.45, 2.75) is 39.3 Å². The van der Waals surface area contributed by atoms with Gasteiger partial charge in [0.15, 0.2) is 0 Å². The summed E-state index contributed by atoms with van der Waals surface area (Å²) < 4.78 is 14.2. The maximum Gasteiger partial charge on any atom is 0.242 e. The van der Waals surface area contributed by atoms with Crippen molar-refractivity contribution in [3.8, 4) is 0 Å². The maximum absolute atomic E-state index is 14.2. The van der Waals surface area contributed by atoms with Crippen LogP contribution in [0.3, 0.4) is 0 Å². The van der Waals surface area contributed by atoms with E-state index >= 15 is 0 Å². The molecule has 0 aliphatic carbocycles. The van der Waals surface area contributed by atoms with Crippen molar-refractivity contribution in [1.82, 2.24) is 10.2 Å². The van der Waals surface area contributed by atoms with E-state index in [4.69, 9.17) is 23.2 Å². The highest BCUT2D eigenvalue weighted by Crippen LogP contribution is 2.22. The summed E-state index contributed by atoms with van der Waals surface area (Å²) in [7, 11) is 0. The number of carbonyl (C=O) groups is 2. The minimum Gasteiger partial charge on any atom is -0.355 e. The zero-order valence-corrected chi connectivity index (χ0v) is 17.4. The van der Waals surface area contributed by atoms with Crippen molar-refractivity contribution in [3.63, 3.8) is 0 Å². The first-order valence-electron chi connectivity index (χ1n) is 9.11. The first kappa shape index (κ1) is 22.2. The third-order valence-corrected chi connectivity index (χ3v) is 5.00. The molecule has 0 heterocycles. The fraction of sp³-hybridized carbons (Fsp3) is 0.333. The summed E-state index contributed by atoms with van der Waals surface area (Å²) >= 11 is 12.0. The van der Waals surface area contributed by atoms with Crippen LogP contribution in [0.2, 0.25) is 10.0 Å². The monoisotopic (exact) mass is 424 g/mol. The number of nitrogens with zero attached hydrogens (tertiary/aromatic N) is 1. The van der Waals surface area contributed by atoms with E-state index in [2.05, 4.69) is 5.32 Å². The highest BCUT2D eigenvalue weighted by atomic mass is 35.5. The number of hydrogen-bond donors (Lipinski definition) is 1. The van der Waals surface area contributed by atoms with Crippen molar-refractivity contribution < 1.29 is 14.0 Å². The van der Waals surface area contributed by atoms with Crippen LogP contribution in [-0.2, 0) is 22.6 Å². The van der Waals surface area contributed by atoms with Crippen LogP contribution >= 0.6 is 23.2 Å². The zero-order valence-electron chi connectivity index (χ0n) is 15.8. The second kappa shape index (κ2) is 10.4. The van der Waals surface area contributed by atoms with Crippen LogP contribution in [0.5, 0.6) is 0 Å². The average Bonchev–Trinajstić information content (AvgIpc) is 2.66. The van der Waals surface area contributed by atoms with Gasteiger partial charge < -0.3 is 10.2 Å². The summed E-state index contributed by atoms with van der Waals surface area (Å²) in [4.78, 5) is 27.1. The van der Waals surface area contributed by atoms with E-state index < -0.39 is 11.9 Å². The largest absolute Gasteiger partial charge is 0.355 e. The Hall–Kier alpha value is -2.11. The van der Waals surface area contributed by atoms with E-state index in [1.54, 1.807) is 24.3 Å². The molecule has 1 unspecified atom stereocenters. The van der Waals surface area contributed by atoms with Gasteiger partial charge in [-0.2, -0.15) is 0 Å². The molecule has 0 saturated carbocycles. The third-order valence-electron chi connectivity index (χ3n) is 4.39. The van der Waals surface area contributed by atoms with Gasteiger partial charge in [0.05, 0.1) is 6.42 Å². The average molecular weight is 425 g/mol. The Morgan fingerprint density at radius 2 is 1.79 bits per heavy atom. The molecular weight excluding hydrogens is 402 g/mol. The lowest BCUT2D eigenvalue weighted by Crippen LogP contribution is -2.49. The summed E-state index contributed by atoms with van der Waals surface area (Å²) in [6, 6.07) is 10.7. The molecule has 150 valence electrons. The predicted molar refractivity (Wildman–Crippen MR) is 110 cm³/mol. The first-order chi connectivity index (χ1) is 13.4. The number of carbonyl (C=O) groups excluding carboxylic acids is 2. The number of benzene rings is 2. The van der Waals surface area contributed by atoms with E-state index in [0.717, 1.165) is 5.56 Å². The molecule has 0 aliphatic heterocycles. The quantitative estimate of drug-likeness (QED) is 0.671. The van der Waals surface area contributed by atoms with Crippen LogP contribution in [0.1, 0.15) is 31.4 Å². The topological polar surface area (TPSA) is 49.4 Å². The summed E-state index contributed by atoms with van der Waals surface area (Å²) in [5, 5.41) is 3.52. The van der Waals surface area contributed by atoms with Gasteiger partial charge in [-0.3, -0.25) is 9.59 Å². The van der Waals surface area contributed by atoms with Crippen molar-refractivity contribution in [3.05, 3.63) is 69.5 Å². The molecule has 2 aromatic carbocycles. The van der Waals surface area contributed by atoms with Gasteiger partial charge in [0.1, 0.15) is 11.9 Å². The standard InChI is InChI=1S/C21H23Cl2FN2O2/c1-3-19(21(28)25-4-2)26(13-14-8-10-15(22)11-9-14)20(27)12-16-17(23)6-5-7-18(16)24/h5-11,19H,3-4,12-13H2,1-2H3,(H,25,28). The zero-order chi connectivity index (χ0) is 20.7. The van der Waals surface area contributed by atoms with E-state index in [1.807, 2.05) is 13.8 Å². The number of hydrogen-bond acceptors (Lipinski definition) is 2. The molecule has 1 N–H and O–H groups in total. The Morgan fingerprint density at radius 1 is 1.11 bits per heavy atom. The van der Waals surface area contributed by atoms with Gasteiger partial charge in [-0.05, 0) is 43.2 Å². The molecular formula is C21H23Cl2FN2O2. The van der Waals surface area contributed by atoms with Gasteiger partial charge in [0.2, 0.25) is 11.8 Å². The Kier molecular flexibility index (Phi) is 8.27.